The summed E-state index contributed by atoms with van der Waals surface area (Å²) in [5, 5.41) is 0. The molecule has 5 heteroatoms. The number of carbonyl (C=O) groups is 1. The second-order valence-corrected chi connectivity index (χ2v) is 3.07. The number of methoxy groups -OCH3 is 1. The zero-order valence-electron chi connectivity index (χ0n) is 8.88. The molecule has 0 radical (unpaired) electrons. The zero-order chi connectivity index (χ0) is 11.3. The standard InChI is InChI=1S/C10H15N3O2/c1-13(8-4-3-5-12-7-8)10(14)9(6-11)15-2/h3-5,7,9H,6,11H2,1-2H3. The maximum Gasteiger partial charge on any atom is 0.257 e. The summed E-state index contributed by atoms with van der Waals surface area (Å²) in [5.74, 6) is -0.173. The monoisotopic (exact) mass is 209 g/mol. The molecule has 15 heavy (non-hydrogen) atoms. The lowest BCUT2D eigenvalue weighted by Gasteiger charge is -2.21. The first-order chi connectivity index (χ1) is 7.20. The van der Waals surface area contributed by atoms with Crippen molar-refractivity contribution in [1.29, 1.82) is 0 Å². The smallest absolute Gasteiger partial charge is 0.257 e. The Bertz CT molecular complexity index is 312. The van der Waals surface area contributed by atoms with Gasteiger partial charge in [-0.25, -0.2) is 0 Å². The van der Waals surface area contributed by atoms with E-state index in [-0.39, 0.29) is 12.5 Å². The summed E-state index contributed by atoms with van der Waals surface area (Å²) >= 11 is 0. The van der Waals surface area contributed by atoms with Crippen molar-refractivity contribution in [3.8, 4) is 0 Å². The number of aromatic nitrogens is 1. The number of anilines is 1. The van der Waals surface area contributed by atoms with Crippen LogP contribution in [0.15, 0.2) is 24.5 Å². The van der Waals surface area contributed by atoms with Crippen molar-refractivity contribution in [1.82, 2.24) is 4.98 Å². The van der Waals surface area contributed by atoms with Crippen LogP contribution in [0.2, 0.25) is 0 Å². The number of rotatable bonds is 4. The summed E-state index contributed by atoms with van der Waals surface area (Å²) < 4.78 is 4.97. The number of hydrogen-bond acceptors (Lipinski definition) is 4. The molecule has 1 heterocycles. The van der Waals surface area contributed by atoms with Gasteiger partial charge in [-0.15, -0.1) is 0 Å². The largest absolute Gasteiger partial charge is 0.370 e. The topological polar surface area (TPSA) is 68.5 Å². The second kappa shape index (κ2) is 5.43. The predicted octanol–water partition coefficient (Wildman–Crippen LogP) is 0.0181. The van der Waals surface area contributed by atoms with Crippen molar-refractivity contribution in [3.63, 3.8) is 0 Å². The normalized spacial score (nSPS) is 12.2. The van der Waals surface area contributed by atoms with E-state index >= 15 is 0 Å². The van der Waals surface area contributed by atoms with Crippen LogP contribution in [0.4, 0.5) is 5.69 Å². The first-order valence-electron chi connectivity index (χ1n) is 4.61. The maximum absolute atomic E-state index is 11.8. The maximum atomic E-state index is 11.8. The molecular weight excluding hydrogens is 194 g/mol. The van der Waals surface area contributed by atoms with E-state index in [1.807, 2.05) is 0 Å². The van der Waals surface area contributed by atoms with Crippen molar-refractivity contribution in [2.45, 2.75) is 6.10 Å². The minimum Gasteiger partial charge on any atom is -0.370 e. The SMILES string of the molecule is COC(CN)C(=O)N(C)c1cccnc1. The minimum absolute atomic E-state index is 0.167. The van der Waals surface area contributed by atoms with Crippen LogP contribution in [0.5, 0.6) is 0 Å². The molecule has 1 aromatic heterocycles. The van der Waals surface area contributed by atoms with Gasteiger partial charge in [-0.3, -0.25) is 9.78 Å². The fraction of sp³-hybridized carbons (Fsp3) is 0.400. The van der Waals surface area contributed by atoms with E-state index in [1.54, 1.807) is 31.6 Å². The molecule has 0 aliphatic carbocycles. The summed E-state index contributed by atoms with van der Waals surface area (Å²) in [6, 6.07) is 3.57. The number of likely N-dealkylation sites (N-methyl/N-ethyl adjacent to an activating group) is 1. The average molecular weight is 209 g/mol. The third kappa shape index (κ3) is 2.74. The lowest BCUT2D eigenvalue weighted by atomic mass is 10.3. The number of ether oxygens (including phenoxy) is 1. The molecule has 0 fully saturated rings. The van der Waals surface area contributed by atoms with Crippen molar-refractivity contribution in [2.24, 2.45) is 5.73 Å². The Labute approximate surface area is 88.9 Å². The van der Waals surface area contributed by atoms with Crippen molar-refractivity contribution in [3.05, 3.63) is 24.5 Å². The minimum atomic E-state index is -0.602. The number of pyridine rings is 1. The number of nitrogens with zero attached hydrogens (tertiary/aromatic N) is 2. The van der Waals surface area contributed by atoms with Gasteiger partial charge >= 0.3 is 0 Å². The van der Waals surface area contributed by atoms with Crippen LogP contribution in [0.3, 0.4) is 0 Å². The van der Waals surface area contributed by atoms with Crippen LogP contribution in [-0.2, 0) is 9.53 Å². The number of hydrogen-bond donors (Lipinski definition) is 1. The Morgan fingerprint density at radius 3 is 2.93 bits per heavy atom. The molecule has 0 saturated heterocycles. The molecule has 2 N–H and O–H groups in total. The Balaban J connectivity index is 2.76. The second-order valence-electron chi connectivity index (χ2n) is 3.07. The highest BCUT2D eigenvalue weighted by Gasteiger charge is 2.20. The molecule has 0 spiro atoms. The molecule has 0 aliphatic rings. The van der Waals surface area contributed by atoms with Crippen LogP contribution in [0.1, 0.15) is 0 Å². The summed E-state index contributed by atoms with van der Waals surface area (Å²) in [6.07, 6.45) is 2.66. The number of nitrogens with two attached hydrogens (primary N) is 1. The van der Waals surface area contributed by atoms with Crippen molar-refractivity contribution < 1.29 is 9.53 Å². The Morgan fingerprint density at radius 1 is 1.73 bits per heavy atom. The Kier molecular flexibility index (Phi) is 4.20. The highest BCUT2D eigenvalue weighted by molar-refractivity contribution is 5.96. The molecular formula is C10H15N3O2. The highest BCUT2D eigenvalue weighted by atomic mass is 16.5. The van der Waals surface area contributed by atoms with Gasteiger partial charge in [-0.05, 0) is 12.1 Å². The van der Waals surface area contributed by atoms with Crippen molar-refractivity contribution >= 4 is 11.6 Å². The lowest BCUT2D eigenvalue weighted by Crippen LogP contribution is -2.41. The lowest BCUT2D eigenvalue weighted by molar-refractivity contribution is -0.127. The fourth-order valence-corrected chi connectivity index (χ4v) is 1.19. The van der Waals surface area contributed by atoms with Gasteiger partial charge in [0.2, 0.25) is 0 Å². The van der Waals surface area contributed by atoms with Gasteiger partial charge in [0.25, 0.3) is 5.91 Å². The van der Waals surface area contributed by atoms with E-state index < -0.39 is 6.10 Å². The molecule has 1 amide bonds. The third-order valence-corrected chi connectivity index (χ3v) is 2.14. The highest BCUT2D eigenvalue weighted by Crippen LogP contribution is 2.10. The third-order valence-electron chi connectivity index (χ3n) is 2.14. The molecule has 0 aromatic carbocycles. The van der Waals surface area contributed by atoms with E-state index in [2.05, 4.69) is 4.98 Å². The first-order valence-corrected chi connectivity index (χ1v) is 4.61. The van der Waals surface area contributed by atoms with E-state index in [9.17, 15) is 4.79 Å². The molecule has 1 aromatic rings. The molecule has 1 rings (SSSR count). The number of carbonyl (C=O) groups excluding carboxylic acids is 1. The van der Waals surface area contributed by atoms with E-state index in [0.29, 0.717) is 0 Å². The van der Waals surface area contributed by atoms with E-state index in [1.165, 1.54) is 12.0 Å². The van der Waals surface area contributed by atoms with E-state index in [4.69, 9.17) is 10.5 Å². The van der Waals surface area contributed by atoms with Crippen LogP contribution in [0.25, 0.3) is 0 Å². The van der Waals surface area contributed by atoms with Gasteiger partial charge in [0.1, 0.15) is 6.10 Å². The zero-order valence-corrected chi connectivity index (χ0v) is 8.88. The molecule has 82 valence electrons. The van der Waals surface area contributed by atoms with Crippen LogP contribution in [-0.4, -0.2) is 37.7 Å². The van der Waals surface area contributed by atoms with Crippen LogP contribution >= 0.6 is 0 Å². The fourth-order valence-electron chi connectivity index (χ4n) is 1.19. The van der Waals surface area contributed by atoms with Crippen LogP contribution < -0.4 is 10.6 Å². The van der Waals surface area contributed by atoms with Crippen LogP contribution in [0, 0.1) is 0 Å². The summed E-state index contributed by atoms with van der Waals surface area (Å²) in [4.78, 5) is 17.2. The molecule has 0 saturated carbocycles. The van der Waals surface area contributed by atoms with Gasteiger partial charge in [-0.1, -0.05) is 0 Å². The Morgan fingerprint density at radius 2 is 2.47 bits per heavy atom. The molecule has 0 bridgehead atoms. The quantitative estimate of drug-likeness (QED) is 0.759. The van der Waals surface area contributed by atoms with Gasteiger partial charge in [0, 0.05) is 26.9 Å². The Hall–Kier alpha value is -1.46. The molecule has 1 atom stereocenters. The number of amides is 1. The van der Waals surface area contributed by atoms with Gasteiger partial charge in [0.15, 0.2) is 0 Å². The molecule has 5 nitrogen and oxygen atoms in total. The first kappa shape index (κ1) is 11.6. The van der Waals surface area contributed by atoms with Gasteiger partial charge < -0.3 is 15.4 Å². The van der Waals surface area contributed by atoms with Gasteiger partial charge in [0.05, 0.1) is 11.9 Å². The van der Waals surface area contributed by atoms with Gasteiger partial charge in [-0.2, -0.15) is 0 Å². The summed E-state index contributed by atoms with van der Waals surface area (Å²) in [6.45, 7) is 0.167. The summed E-state index contributed by atoms with van der Waals surface area (Å²) in [5.41, 5.74) is 6.13. The van der Waals surface area contributed by atoms with Crippen molar-refractivity contribution in [2.75, 3.05) is 25.6 Å². The average Bonchev–Trinajstić information content (AvgIpc) is 2.30. The summed E-state index contributed by atoms with van der Waals surface area (Å²) in [7, 11) is 3.13. The predicted molar refractivity (Wildman–Crippen MR) is 57.5 cm³/mol. The molecule has 0 aliphatic heterocycles. The van der Waals surface area contributed by atoms with E-state index in [0.717, 1.165) is 5.69 Å². The molecule has 1 unspecified atom stereocenters.